The van der Waals surface area contributed by atoms with Gasteiger partial charge in [0.25, 0.3) is 0 Å². The Balaban J connectivity index is 0.000000199. The molecule has 118 valence electrons. The van der Waals surface area contributed by atoms with E-state index in [2.05, 4.69) is 25.0 Å². The molecule has 7 nitrogen and oxygen atoms in total. The lowest BCUT2D eigenvalue weighted by molar-refractivity contribution is -0.677. The minimum Gasteiger partial charge on any atom is -0.542 e. The molecule has 2 N–H and O–H groups in total. The second kappa shape index (κ2) is 6.29. The number of halogens is 3. The molecule has 1 saturated heterocycles. The van der Waals surface area contributed by atoms with Crippen molar-refractivity contribution in [3.8, 4) is 0 Å². The summed E-state index contributed by atoms with van der Waals surface area (Å²) >= 11 is 0. The van der Waals surface area contributed by atoms with Crippen molar-refractivity contribution in [1.29, 1.82) is 0 Å². The second-order valence-corrected chi connectivity index (χ2v) is 4.83. The highest BCUT2D eigenvalue weighted by Gasteiger charge is 2.28. The van der Waals surface area contributed by atoms with Gasteiger partial charge in [-0.2, -0.15) is 13.2 Å². The average molecular weight is 307 g/mol. The van der Waals surface area contributed by atoms with Gasteiger partial charge in [-0.1, -0.05) is 0 Å². The summed E-state index contributed by atoms with van der Waals surface area (Å²) in [5.74, 6) is -0.767. The Bertz CT molecular complexity index is 497. The zero-order valence-electron chi connectivity index (χ0n) is 11.3. The van der Waals surface area contributed by atoms with Gasteiger partial charge in [0.2, 0.25) is 5.95 Å². The number of rotatable bonds is 1. The maximum absolute atomic E-state index is 10.5. The van der Waals surface area contributed by atoms with Gasteiger partial charge in [0.1, 0.15) is 12.5 Å². The van der Waals surface area contributed by atoms with Crippen LogP contribution in [-0.4, -0.2) is 46.5 Å². The van der Waals surface area contributed by atoms with Crippen molar-refractivity contribution in [2.24, 2.45) is 0 Å². The van der Waals surface area contributed by atoms with Crippen LogP contribution in [0.5, 0.6) is 0 Å². The number of carbonyl (C=O) groups excluding carboxylic acids is 1. The SMILES string of the molecule is C1CCN(c2nnc3n2CC[NH2+]C3)C1.O=C([O-])C(F)(F)F. The Morgan fingerprint density at radius 1 is 1.19 bits per heavy atom. The molecule has 1 aromatic rings. The van der Waals surface area contributed by atoms with Crippen LogP contribution < -0.4 is 15.3 Å². The fraction of sp³-hybridized carbons (Fsp3) is 0.727. The first kappa shape index (κ1) is 15.5. The van der Waals surface area contributed by atoms with E-state index in [0.29, 0.717) is 0 Å². The third-order valence-corrected chi connectivity index (χ3v) is 3.31. The van der Waals surface area contributed by atoms with Crippen molar-refractivity contribution in [2.75, 3.05) is 24.5 Å². The number of nitrogens with two attached hydrogens (primary N) is 1. The van der Waals surface area contributed by atoms with Gasteiger partial charge in [-0.05, 0) is 12.8 Å². The van der Waals surface area contributed by atoms with E-state index in [1.165, 1.54) is 12.8 Å². The highest BCUT2D eigenvalue weighted by atomic mass is 19.4. The maximum Gasteiger partial charge on any atom is 0.430 e. The van der Waals surface area contributed by atoms with Gasteiger partial charge in [0, 0.05) is 13.1 Å². The van der Waals surface area contributed by atoms with Crippen molar-refractivity contribution in [3.63, 3.8) is 0 Å². The van der Waals surface area contributed by atoms with E-state index in [4.69, 9.17) is 9.90 Å². The summed E-state index contributed by atoms with van der Waals surface area (Å²) in [4.78, 5) is 11.1. The average Bonchev–Trinajstić information content (AvgIpc) is 3.07. The normalized spacial score (nSPS) is 18.0. The summed E-state index contributed by atoms with van der Waals surface area (Å²) in [6, 6.07) is 0. The summed E-state index contributed by atoms with van der Waals surface area (Å²) < 4.78 is 33.8. The molecule has 10 heteroatoms. The number of aromatic nitrogens is 3. The molecule has 3 heterocycles. The van der Waals surface area contributed by atoms with Crippen LogP contribution >= 0.6 is 0 Å². The number of carbonyl (C=O) groups is 1. The molecular formula is C11H16F3N5O2. The number of hydrogen-bond acceptors (Lipinski definition) is 5. The first-order valence-electron chi connectivity index (χ1n) is 6.66. The summed E-state index contributed by atoms with van der Waals surface area (Å²) in [6.07, 6.45) is -2.59. The van der Waals surface area contributed by atoms with Gasteiger partial charge in [0.15, 0.2) is 5.82 Å². The Morgan fingerprint density at radius 3 is 2.38 bits per heavy atom. The van der Waals surface area contributed by atoms with E-state index in [9.17, 15) is 13.2 Å². The molecule has 3 rings (SSSR count). The number of fused-ring (bicyclic) bond motifs is 1. The van der Waals surface area contributed by atoms with Crippen molar-refractivity contribution >= 4 is 11.9 Å². The fourth-order valence-corrected chi connectivity index (χ4v) is 2.31. The van der Waals surface area contributed by atoms with E-state index in [1.54, 1.807) is 0 Å². The van der Waals surface area contributed by atoms with Crippen LogP contribution in [0.4, 0.5) is 19.1 Å². The molecule has 1 aromatic heterocycles. The minimum absolute atomic E-state index is 0.987. The quantitative estimate of drug-likeness (QED) is 0.665. The molecule has 1 fully saturated rings. The van der Waals surface area contributed by atoms with Crippen molar-refractivity contribution < 1.29 is 28.4 Å². The lowest BCUT2D eigenvalue weighted by Gasteiger charge is -2.19. The van der Waals surface area contributed by atoms with Gasteiger partial charge in [-0.3, -0.25) is 4.57 Å². The molecule has 0 saturated carbocycles. The summed E-state index contributed by atoms with van der Waals surface area (Å²) in [7, 11) is 0. The molecule has 2 aliphatic rings. The highest BCUT2D eigenvalue weighted by Crippen LogP contribution is 2.19. The van der Waals surface area contributed by atoms with E-state index < -0.39 is 12.1 Å². The number of nitrogens with zero attached hydrogens (tertiary/aromatic N) is 4. The van der Waals surface area contributed by atoms with Crippen LogP contribution in [-0.2, 0) is 17.9 Å². The second-order valence-electron chi connectivity index (χ2n) is 4.83. The van der Waals surface area contributed by atoms with Gasteiger partial charge >= 0.3 is 6.18 Å². The first-order chi connectivity index (χ1) is 9.89. The Kier molecular flexibility index (Phi) is 4.66. The van der Waals surface area contributed by atoms with Gasteiger partial charge in [0.05, 0.1) is 13.1 Å². The lowest BCUT2D eigenvalue weighted by atomic mass is 10.4. The Hall–Kier alpha value is -1.84. The molecule has 0 amide bonds. The van der Waals surface area contributed by atoms with E-state index in [1.807, 2.05) is 0 Å². The molecule has 0 radical (unpaired) electrons. The number of quaternary nitrogens is 1. The lowest BCUT2D eigenvalue weighted by Crippen LogP contribution is -2.85. The van der Waals surface area contributed by atoms with Crippen LogP contribution in [0.3, 0.4) is 0 Å². The molecule has 0 bridgehead atoms. The van der Waals surface area contributed by atoms with Gasteiger partial charge in [-0.25, -0.2) is 0 Å². The van der Waals surface area contributed by atoms with E-state index in [-0.39, 0.29) is 0 Å². The van der Waals surface area contributed by atoms with Crippen LogP contribution in [0.2, 0.25) is 0 Å². The van der Waals surface area contributed by atoms with Crippen molar-refractivity contribution in [3.05, 3.63) is 5.82 Å². The number of anilines is 1. The molecule has 0 atom stereocenters. The number of alkyl halides is 3. The standard InChI is InChI=1S/C9H15N5.C2HF3O2/c1-2-5-13(4-1)9-12-11-8-7-10-3-6-14(8)9;3-2(4,5)1(6)7/h10H,1-7H2;(H,6,7). The first-order valence-corrected chi connectivity index (χ1v) is 6.66. The summed E-state index contributed by atoms with van der Waals surface area (Å²) in [5.41, 5.74) is 0. The number of carboxylic acids is 1. The maximum atomic E-state index is 10.5. The van der Waals surface area contributed by atoms with Gasteiger partial charge < -0.3 is 20.1 Å². The van der Waals surface area contributed by atoms with Crippen LogP contribution in [0, 0.1) is 0 Å². The van der Waals surface area contributed by atoms with Crippen LogP contribution in [0.15, 0.2) is 0 Å². The Morgan fingerprint density at radius 2 is 1.81 bits per heavy atom. The topological polar surface area (TPSA) is 90.7 Å². The highest BCUT2D eigenvalue weighted by molar-refractivity contribution is 5.70. The third kappa shape index (κ3) is 3.84. The zero-order valence-corrected chi connectivity index (χ0v) is 11.3. The smallest absolute Gasteiger partial charge is 0.430 e. The largest absolute Gasteiger partial charge is 0.542 e. The zero-order chi connectivity index (χ0) is 15.5. The van der Waals surface area contributed by atoms with Crippen molar-refractivity contribution in [1.82, 2.24) is 14.8 Å². The number of aliphatic carboxylic acids is 1. The van der Waals surface area contributed by atoms with Crippen LogP contribution in [0.1, 0.15) is 18.7 Å². The Labute approximate surface area is 118 Å². The molecule has 0 aromatic carbocycles. The number of hydrogen-bond donors (Lipinski definition) is 1. The predicted molar refractivity (Wildman–Crippen MR) is 63.0 cm³/mol. The fourth-order valence-electron chi connectivity index (χ4n) is 2.31. The molecule has 0 aliphatic carbocycles. The molecule has 2 aliphatic heterocycles. The summed E-state index contributed by atoms with van der Waals surface area (Å²) in [6.45, 7) is 5.52. The summed E-state index contributed by atoms with van der Waals surface area (Å²) in [5, 5.41) is 19.6. The molecule has 0 unspecified atom stereocenters. The predicted octanol–water partition coefficient (Wildman–Crippen LogP) is -1.75. The minimum atomic E-state index is -5.19. The molecule has 0 spiro atoms. The van der Waals surface area contributed by atoms with Gasteiger partial charge in [-0.15, -0.1) is 10.2 Å². The van der Waals surface area contributed by atoms with Crippen molar-refractivity contribution in [2.45, 2.75) is 32.1 Å². The molecule has 21 heavy (non-hydrogen) atoms. The third-order valence-electron chi connectivity index (χ3n) is 3.31. The monoisotopic (exact) mass is 307 g/mol. The van der Waals surface area contributed by atoms with E-state index >= 15 is 0 Å². The van der Waals surface area contributed by atoms with Crippen LogP contribution in [0.25, 0.3) is 0 Å². The number of carboxylic acid groups (broad SMARTS) is 1. The molecular weight excluding hydrogens is 291 g/mol. The van der Waals surface area contributed by atoms with E-state index in [0.717, 1.165) is 44.5 Å².